The highest BCUT2D eigenvalue weighted by atomic mass is 35.5. The van der Waals surface area contributed by atoms with Crippen molar-refractivity contribution in [2.75, 3.05) is 5.73 Å². The SMILES string of the molecule is CC(=N)c1c(F)cc(F)c(Cl)c1N. The van der Waals surface area contributed by atoms with Gasteiger partial charge in [-0.25, -0.2) is 8.78 Å². The topological polar surface area (TPSA) is 49.9 Å². The van der Waals surface area contributed by atoms with E-state index >= 15 is 0 Å². The van der Waals surface area contributed by atoms with Crippen LogP contribution in [0.15, 0.2) is 6.07 Å². The molecule has 2 nitrogen and oxygen atoms in total. The van der Waals surface area contributed by atoms with Crippen LogP contribution in [0.5, 0.6) is 0 Å². The Morgan fingerprint density at radius 1 is 1.46 bits per heavy atom. The van der Waals surface area contributed by atoms with Crippen molar-refractivity contribution >= 4 is 23.0 Å². The number of anilines is 1. The van der Waals surface area contributed by atoms with E-state index in [1.54, 1.807) is 0 Å². The second kappa shape index (κ2) is 3.30. The molecule has 0 heterocycles. The molecule has 0 spiro atoms. The van der Waals surface area contributed by atoms with E-state index < -0.39 is 11.6 Å². The molecule has 0 saturated heterocycles. The number of rotatable bonds is 1. The van der Waals surface area contributed by atoms with Crippen LogP contribution in [0, 0.1) is 17.0 Å². The third kappa shape index (κ3) is 1.62. The van der Waals surface area contributed by atoms with Crippen LogP contribution >= 0.6 is 11.6 Å². The molecular weight excluding hydrogens is 198 g/mol. The summed E-state index contributed by atoms with van der Waals surface area (Å²) >= 11 is 5.44. The van der Waals surface area contributed by atoms with Crippen LogP contribution in [0.1, 0.15) is 12.5 Å². The average molecular weight is 205 g/mol. The highest BCUT2D eigenvalue weighted by Gasteiger charge is 2.15. The molecule has 0 radical (unpaired) electrons. The third-order valence-electron chi connectivity index (χ3n) is 1.58. The van der Waals surface area contributed by atoms with Crippen molar-refractivity contribution in [2.45, 2.75) is 6.92 Å². The smallest absolute Gasteiger partial charge is 0.146 e. The Labute approximate surface area is 78.8 Å². The number of hydrogen-bond donors (Lipinski definition) is 2. The van der Waals surface area contributed by atoms with Crippen LogP contribution in [-0.2, 0) is 0 Å². The molecule has 0 aliphatic heterocycles. The number of hydrogen-bond acceptors (Lipinski definition) is 2. The van der Waals surface area contributed by atoms with E-state index in [1.807, 2.05) is 0 Å². The van der Waals surface area contributed by atoms with Gasteiger partial charge < -0.3 is 11.1 Å². The van der Waals surface area contributed by atoms with Gasteiger partial charge in [-0.1, -0.05) is 11.6 Å². The zero-order valence-corrected chi connectivity index (χ0v) is 7.54. The summed E-state index contributed by atoms with van der Waals surface area (Å²) in [7, 11) is 0. The van der Waals surface area contributed by atoms with Crippen LogP contribution < -0.4 is 5.73 Å². The molecule has 5 heteroatoms. The summed E-state index contributed by atoms with van der Waals surface area (Å²) < 4.78 is 25.8. The minimum absolute atomic E-state index is 0.0862. The summed E-state index contributed by atoms with van der Waals surface area (Å²) in [6.07, 6.45) is 0. The van der Waals surface area contributed by atoms with Crippen molar-refractivity contribution in [1.29, 1.82) is 5.41 Å². The number of nitrogen functional groups attached to an aromatic ring is 1. The van der Waals surface area contributed by atoms with Crippen LogP contribution in [-0.4, -0.2) is 5.71 Å². The second-order valence-electron chi connectivity index (χ2n) is 2.57. The van der Waals surface area contributed by atoms with Gasteiger partial charge in [-0.15, -0.1) is 0 Å². The summed E-state index contributed by atoms with van der Waals surface area (Å²) in [4.78, 5) is 0. The molecule has 1 aromatic carbocycles. The monoisotopic (exact) mass is 204 g/mol. The molecule has 0 saturated carbocycles. The van der Waals surface area contributed by atoms with E-state index in [4.69, 9.17) is 22.7 Å². The molecular formula is C8H7ClF2N2. The summed E-state index contributed by atoms with van der Waals surface area (Å²) in [5, 5.41) is 6.84. The average Bonchev–Trinajstić information content (AvgIpc) is 1.99. The fraction of sp³-hybridized carbons (Fsp3) is 0.125. The van der Waals surface area contributed by atoms with E-state index in [2.05, 4.69) is 0 Å². The highest BCUT2D eigenvalue weighted by Crippen LogP contribution is 2.28. The molecule has 0 unspecified atom stereocenters. The van der Waals surface area contributed by atoms with Crippen molar-refractivity contribution in [2.24, 2.45) is 0 Å². The normalized spacial score (nSPS) is 10.2. The van der Waals surface area contributed by atoms with Gasteiger partial charge >= 0.3 is 0 Å². The zero-order chi connectivity index (χ0) is 10.2. The van der Waals surface area contributed by atoms with Crippen molar-refractivity contribution in [1.82, 2.24) is 0 Å². The molecule has 0 amide bonds. The van der Waals surface area contributed by atoms with Gasteiger partial charge in [0.15, 0.2) is 0 Å². The van der Waals surface area contributed by atoms with E-state index in [0.29, 0.717) is 6.07 Å². The van der Waals surface area contributed by atoms with Gasteiger partial charge in [0.1, 0.15) is 16.7 Å². The van der Waals surface area contributed by atoms with Crippen LogP contribution in [0.3, 0.4) is 0 Å². The summed E-state index contributed by atoms with van der Waals surface area (Å²) in [6, 6.07) is 0.617. The Morgan fingerprint density at radius 2 is 2.00 bits per heavy atom. The molecule has 1 rings (SSSR count). The third-order valence-corrected chi connectivity index (χ3v) is 1.97. The van der Waals surface area contributed by atoms with E-state index in [-0.39, 0.29) is 22.0 Å². The number of nitrogens with two attached hydrogens (primary N) is 1. The lowest BCUT2D eigenvalue weighted by molar-refractivity contribution is 0.583. The van der Waals surface area contributed by atoms with E-state index in [9.17, 15) is 8.78 Å². The fourth-order valence-corrected chi connectivity index (χ4v) is 1.14. The van der Waals surface area contributed by atoms with Gasteiger partial charge in [0.25, 0.3) is 0 Å². The summed E-state index contributed by atoms with van der Waals surface area (Å²) in [5.41, 5.74) is 4.87. The van der Waals surface area contributed by atoms with Gasteiger partial charge in [-0.05, 0) is 6.92 Å². The number of nitrogens with one attached hydrogen (secondary N) is 1. The zero-order valence-electron chi connectivity index (χ0n) is 6.79. The first kappa shape index (κ1) is 9.92. The van der Waals surface area contributed by atoms with Crippen molar-refractivity contribution in [3.63, 3.8) is 0 Å². The molecule has 0 aromatic heterocycles. The Bertz CT molecular complexity index is 377. The minimum atomic E-state index is -0.915. The Kier molecular flexibility index (Phi) is 2.52. The van der Waals surface area contributed by atoms with Crippen LogP contribution in [0.25, 0.3) is 0 Å². The molecule has 0 atom stereocenters. The predicted molar refractivity (Wildman–Crippen MR) is 48.3 cm³/mol. The molecule has 0 aliphatic carbocycles. The first-order valence-corrected chi connectivity index (χ1v) is 3.81. The van der Waals surface area contributed by atoms with Crippen LogP contribution in [0.2, 0.25) is 5.02 Å². The molecule has 0 bridgehead atoms. The van der Waals surface area contributed by atoms with Crippen molar-refractivity contribution in [3.8, 4) is 0 Å². The summed E-state index contributed by atoms with van der Waals surface area (Å²) in [6.45, 7) is 1.35. The number of benzene rings is 1. The van der Waals surface area contributed by atoms with Crippen LogP contribution in [0.4, 0.5) is 14.5 Å². The maximum absolute atomic E-state index is 13.0. The fourth-order valence-electron chi connectivity index (χ4n) is 0.995. The Hall–Kier alpha value is -1.16. The molecule has 70 valence electrons. The molecule has 3 N–H and O–H groups in total. The lowest BCUT2D eigenvalue weighted by Gasteiger charge is -2.07. The highest BCUT2D eigenvalue weighted by molar-refractivity contribution is 6.34. The lowest BCUT2D eigenvalue weighted by atomic mass is 10.1. The number of halogens is 3. The standard InChI is InChI=1S/C8H7ClF2N2/c1-3(12)6-4(10)2-5(11)7(9)8(6)13/h2,12H,13H2,1H3. The van der Waals surface area contributed by atoms with Gasteiger partial charge in [-0.2, -0.15) is 0 Å². The predicted octanol–water partition coefficient (Wildman–Crippen LogP) is 2.59. The molecule has 0 aliphatic rings. The quantitative estimate of drug-likeness (QED) is 0.412. The van der Waals surface area contributed by atoms with Crippen molar-refractivity contribution < 1.29 is 8.78 Å². The molecule has 13 heavy (non-hydrogen) atoms. The first-order valence-electron chi connectivity index (χ1n) is 3.43. The Morgan fingerprint density at radius 3 is 2.46 bits per heavy atom. The maximum atomic E-state index is 13.0. The first-order chi connectivity index (χ1) is 5.95. The van der Waals surface area contributed by atoms with E-state index in [1.165, 1.54) is 6.92 Å². The largest absolute Gasteiger partial charge is 0.397 e. The second-order valence-corrected chi connectivity index (χ2v) is 2.95. The lowest BCUT2D eigenvalue weighted by Crippen LogP contribution is -2.05. The summed E-state index contributed by atoms with van der Waals surface area (Å²) in [5.74, 6) is -1.78. The minimum Gasteiger partial charge on any atom is -0.397 e. The maximum Gasteiger partial charge on any atom is 0.146 e. The van der Waals surface area contributed by atoms with Gasteiger partial charge in [0.2, 0.25) is 0 Å². The molecule has 0 fully saturated rings. The van der Waals surface area contributed by atoms with Gasteiger partial charge in [0.05, 0.1) is 11.3 Å². The van der Waals surface area contributed by atoms with Gasteiger partial charge in [0, 0.05) is 11.8 Å². The Balaban J connectivity index is 3.53. The van der Waals surface area contributed by atoms with Crippen molar-refractivity contribution in [3.05, 3.63) is 28.3 Å². The van der Waals surface area contributed by atoms with E-state index in [0.717, 1.165) is 0 Å². The van der Waals surface area contributed by atoms with Gasteiger partial charge in [-0.3, -0.25) is 0 Å². The molecule has 1 aromatic rings.